The molecule has 0 aliphatic heterocycles. The normalized spacial score (nSPS) is 11.1. The molecule has 0 bridgehead atoms. The maximum Gasteiger partial charge on any atom is 0.332 e. The lowest BCUT2D eigenvalue weighted by Gasteiger charge is -2.09. The molecule has 0 aliphatic rings. The first kappa shape index (κ1) is 15.0. The van der Waals surface area contributed by atoms with Crippen LogP contribution in [-0.2, 0) is 18.9 Å². The maximum absolute atomic E-state index is 12.1. The van der Waals surface area contributed by atoms with Gasteiger partial charge in [-0.25, -0.2) is 9.78 Å². The quantitative estimate of drug-likeness (QED) is 0.897. The van der Waals surface area contributed by atoms with Gasteiger partial charge in [-0.2, -0.15) is 0 Å². The van der Waals surface area contributed by atoms with Gasteiger partial charge in [0.25, 0.3) is 5.56 Å². The van der Waals surface area contributed by atoms with Gasteiger partial charge in [0.1, 0.15) is 5.65 Å². The molecule has 0 saturated heterocycles. The summed E-state index contributed by atoms with van der Waals surface area (Å²) in [6.07, 6.45) is 1.84. The fourth-order valence-corrected chi connectivity index (χ4v) is 2.12. The molecule has 0 aliphatic carbocycles. The van der Waals surface area contributed by atoms with Crippen LogP contribution < -0.4 is 16.6 Å². The first-order chi connectivity index (χ1) is 9.81. The summed E-state index contributed by atoms with van der Waals surface area (Å²) in [5.74, 6) is 0.111. The highest BCUT2D eigenvalue weighted by molar-refractivity contribution is 5.92. The molecule has 0 saturated carbocycles. The number of anilines is 1. The average molecular weight is 290 g/mol. The van der Waals surface area contributed by atoms with Crippen LogP contribution in [0.1, 0.15) is 20.3 Å². The van der Waals surface area contributed by atoms with E-state index in [-0.39, 0.29) is 11.8 Å². The number of nitrogens with zero attached hydrogens (tertiary/aromatic N) is 3. The van der Waals surface area contributed by atoms with Crippen molar-refractivity contribution in [3.63, 3.8) is 0 Å². The van der Waals surface area contributed by atoms with E-state index in [0.29, 0.717) is 23.1 Å². The zero-order valence-corrected chi connectivity index (χ0v) is 12.5. The van der Waals surface area contributed by atoms with E-state index < -0.39 is 11.2 Å². The Labute approximate surface area is 121 Å². The number of nitrogens with one attached hydrogen (secondary N) is 1. The third kappa shape index (κ3) is 2.86. The third-order valence-corrected chi connectivity index (χ3v) is 3.17. The number of pyridine rings is 1. The van der Waals surface area contributed by atoms with E-state index in [1.807, 2.05) is 13.8 Å². The molecule has 2 heterocycles. The monoisotopic (exact) mass is 290 g/mol. The highest BCUT2D eigenvalue weighted by Crippen LogP contribution is 2.13. The lowest BCUT2D eigenvalue weighted by molar-refractivity contribution is -0.116. The Bertz CT molecular complexity index is 817. The minimum Gasteiger partial charge on any atom is -0.325 e. The second-order valence-electron chi connectivity index (χ2n) is 5.45. The first-order valence-electron chi connectivity index (χ1n) is 6.67. The number of amides is 1. The Morgan fingerprint density at radius 2 is 1.95 bits per heavy atom. The van der Waals surface area contributed by atoms with Crippen molar-refractivity contribution in [3.05, 3.63) is 33.1 Å². The predicted octanol–water partition coefficient (Wildman–Crippen LogP) is 0.617. The second-order valence-corrected chi connectivity index (χ2v) is 5.45. The van der Waals surface area contributed by atoms with Crippen LogP contribution >= 0.6 is 0 Å². The van der Waals surface area contributed by atoms with Gasteiger partial charge in [0.2, 0.25) is 5.91 Å². The third-order valence-electron chi connectivity index (χ3n) is 3.17. The molecule has 1 amide bonds. The van der Waals surface area contributed by atoms with Crippen molar-refractivity contribution in [1.82, 2.24) is 14.1 Å². The molecule has 0 fully saturated rings. The summed E-state index contributed by atoms with van der Waals surface area (Å²) in [4.78, 5) is 39.8. The van der Waals surface area contributed by atoms with Crippen LogP contribution in [0.25, 0.3) is 11.0 Å². The van der Waals surface area contributed by atoms with Crippen molar-refractivity contribution in [1.29, 1.82) is 0 Å². The molecular weight excluding hydrogens is 272 g/mol. The van der Waals surface area contributed by atoms with Gasteiger partial charge < -0.3 is 5.32 Å². The van der Waals surface area contributed by atoms with E-state index in [9.17, 15) is 14.4 Å². The van der Waals surface area contributed by atoms with Crippen LogP contribution in [0.5, 0.6) is 0 Å². The summed E-state index contributed by atoms with van der Waals surface area (Å²) in [6.45, 7) is 3.90. The largest absolute Gasteiger partial charge is 0.332 e. The SMILES string of the molecule is CC(C)CC(=O)Nc1cnc2c(c1)c(=O)n(C)c(=O)n2C. The van der Waals surface area contributed by atoms with Crippen molar-refractivity contribution < 1.29 is 4.79 Å². The van der Waals surface area contributed by atoms with Gasteiger partial charge in [-0.15, -0.1) is 0 Å². The Balaban J connectivity index is 2.50. The molecule has 0 unspecified atom stereocenters. The molecule has 1 N–H and O–H groups in total. The van der Waals surface area contributed by atoms with Crippen molar-refractivity contribution in [3.8, 4) is 0 Å². The minimum absolute atomic E-state index is 0.132. The lowest BCUT2D eigenvalue weighted by Crippen LogP contribution is -2.37. The Kier molecular flexibility index (Phi) is 3.93. The van der Waals surface area contributed by atoms with E-state index in [2.05, 4.69) is 10.3 Å². The fraction of sp³-hybridized carbons (Fsp3) is 0.429. The Hall–Kier alpha value is -2.44. The molecule has 2 aromatic rings. The van der Waals surface area contributed by atoms with E-state index in [4.69, 9.17) is 0 Å². The van der Waals surface area contributed by atoms with E-state index in [0.717, 1.165) is 4.57 Å². The second kappa shape index (κ2) is 5.51. The molecule has 0 atom stereocenters. The van der Waals surface area contributed by atoms with Gasteiger partial charge >= 0.3 is 5.69 Å². The zero-order chi connectivity index (χ0) is 15.7. The first-order valence-corrected chi connectivity index (χ1v) is 6.67. The minimum atomic E-state index is -0.434. The smallest absolute Gasteiger partial charge is 0.325 e. The summed E-state index contributed by atoms with van der Waals surface area (Å²) in [7, 11) is 2.96. The summed E-state index contributed by atoms with van der Waals surface area (Å²) < 4.78 is 2.32. The summed E-state index contributed by atoms with van der Waals surface area (Å²) in [6, 6.07) is 1.54. The Morgan fingerprint density at radius 1 is 1.29 bits per heavy atom. The fourth-order valence-electron chi connectivity index (χ4n) is 2.12. The number of carbonyl (C=O) groups excluding carboxylic acids is 1. The van der Waals surface area contributed by atoms with Crippen LogP contribution in [0.4, 0.5) is 5.69 Å². The molecule has 21 heavy (non-hydrogen) atoms. The topological polar surface area (TPSA) is 86.0 Å². The lowest BCUT2D eigenvalue weighted by atomic mass is 10.1. The van der Waals surface area contributed by atoms with Gasteiger partial charge in [0, 0.05) is 20.5 Å². The molecule has 112 valence electrons. The van der Waals surface area contributed by atoms with Crippen LogP contribution in [0.2, 0.25) is 0 Å². The average Bonchev–Trinajstić information content (AvgIpc) is 2.41. The van der Waals surface area contributed by atoms with Crippen molar-refractivity contribution >= 4 is 22.6 Å². The van der Waals surface area contributed by atoms with Crippen molar-refractivity contribution in [2.75, 3.05) is 5.32 Å². The van der Waals surface area contributed by atoms with Gasteiger partial charge in [-0.05, 0) is 12.0 Å². The molecule has 2 aromatic heterocycles. The maximum atomic E-state index is 12.1. The van der Waals surface area contributed by atoms with Crippen molar-refractivity contribution in [2.24, 2.45) is 20.0 Å². The van der Waals surface area contributed by atoms with Crippen LogP contribution in [0.15, 0.2) is 21.9 Å². The highest BCUT2D eigenvalue weighted by Gasteiger charge is 2.11. The van der Waals surface area contributed by atoms with Crippen LogP contribution in [0, 0.1) is 5.92 Å². The van der Waals surface area contributed by atoms with Crippen molar-refractivity contribution in [2.45, 2.75) is 20.3 Å². The molecule has 7 nitrogen and oxygen atoms in total. The molecule has 2 rings (SSSR count). The number of aromatic nitrogens is 3. The number of hydrogen-bond acceptors (Lipinski definition) is 4. The highest BCUT2D eigenvalue weighted by atomic mass is 16.2. The molecule has 0 spiro atoms. The number of carbonyl (C=O) groups is 1. The summed E-state index contributed by atoms with van der Waals surface area (Å²) in [5, 5.41) is 3.00. The molecule has 0 aromatic carbocycles. The Morgan fingerprint density at radius 3 is 2.57 bits per heavy atom. The van der Waals surface area contributed by atoms with Gasteiger partial charge in [-0.1, -0.05) is 13.8 Å². The van der Waals surface area contributed by atoms with Crippen LogP contribution in [0.3, 0.4) is 0 Å². The summed E-state index contributed by atoms with van der Waals surface area (Å²) in [5.41, 5.74) is -0.119. The van der Waals surface area contributed by atoms with Gasteiger partial charge in [-0.3, -0.25) is 18.7 Å². The van der Waals surface area contributed by atoms with E-state index in [1.54, 1.807) is 13.1 Å². The number of rotatable bonds is 3. The predicted molar refractivity (Wildman–Crippen MR) is 80.3 cm³/mol. The standard InChI is InChI=1S/C14H18N4O3/c1-8(2)5-11(19)16-9-6-10-12(15-7-9)17(3)14(21)18(4)13(10)20/h6-8H,5H2,1-4H3,(H,16,19). The van der Waals surface area contributed by atoms with Crippen LogP contribution in [-0.4, -0.2) is 20.0 Å². The molecule has 0 radical (unpaired) electrons. The molecular formula is C14H18N4O3. The molecule has 7 heteroatoms. The van der Waals surface area contributed by atoms with E-state index >= 15 is 0 Å². The van der Waals surface area contributed by atoms with Gasteiger partial charge in [0.05, 0.1) is 17.3 Å². The van der Waals surface area contributed by atoms with E-state index in [1.165, 1.54) is 17.8 Å². The number of hydrogen-bond donors (Lipinski definition) is 1. The summed E-state index contributed by atoms with van der Waals surface area (Å²) >= 11 is 0. The van der Waals surface area contributed by atoms with Gasteiger partial charge in [0.15, 0.2) is 0 Å². The number of fused-ring (bicyclic) bond motifs is 1. The number of aryl methyl sites for hydroxylation is 1. The zero-order valence-electron chi connectivity index (χ0n) is 12.5.